The van der Waals surface area contributed by atoms with Crippen LogP contribution in [0.3, 0.4) is 0 Å². The largest absolute Gasteiger partial charge is 0.479 e. The summed E-state index contributed by atoms with van der Waals surface area (Å²) >= 11 is 0. The molecular weight excluding hydrogens is 881 g/mol. The summed E-state index contributed by atoms with van der Waals surface area (Å²) in [6, 6.07) is 0. The number of rotatable bonds is 10. The van der Waals surface area contributed by atoms with Crippen molar-refractivity contribution in [3.8, 4) is 0 Å². The first-order valence-corrected chi connectivity index (χ1v) is 24.3. The standard InChI is InChI=1S/C48H76O19/c1-43(2)16-22-21-8-9-26-45(4)12-11-28(46(5,20-51)25(45)10-13-48(26,7)47(21,6)15-14-44(22,3)27(52)17-43)64-42-38(34(58)33(57)36(65-42)39(60)61)67-41-37(32(56)30(54)24(19-50)63-41)66-40-35(59)31(55)29(53)23(18-49)62-40/h8,20,22-38,40-42,49-50,52-59H,9-19H2,1-7H3,(H,60,61)/t22?,23-,24-,25?,26?,27-,28?,29-,30+,31+,32+,33+,34+,35-,36+,37-,38-,40+,41+,42-,44-,45+,46-,47-,48-/m1/s1. The molecule has 7 fully saturated rings. The van der Waals surface area contributed by atoms with Crippen molar-refractivity contribution < 1.29 is 94.2 Å². The molecule has 8 rings (SSSR count). The summed E-state index contributed by atoms with van der Waals surface area (Å²) in [6.45, 7) is 14.0. The molecular formula is C48H76O19. The van der Waals surface area contributed by atoms with Crippen LogP contribution in [0.15, 0.2) is 11.6 Å². The van der Waals surface area contributed by atoms with E-state index in [0.717, 1.165) is 44.8 Å². The van der Waals surface area contributed by atoms with Crippen molar-refractivity contribution in [3.05, 3.63) is 11.6 Å². The van der Waals surface area contributed by atoms with Gasteiger partial charge in [-0.3, -0.25) is 0 Å². The van der Waals surface area contributed by atoms with E-state index in [1.165, 1.54) is 5.57 Å². The molecule has 4 saturated carbocycles. The van der Waals surface area contributed by atoms with E-state index < -0.39 is 123 Å². The average molecular weight is 957 g/mol. The molecule has 11 N–H and O–H groups in total. The second kappa shape index (κ2) is 18.1. The van der Waals surface area contributed by atoms with Crippen LogP contribution in [0.4, 0.5) is 0 Å². The molecule has 19 nitrogen and oxygen atoms in total. The SMILES string of the molecule is CC1(C)CC2C3=CCC4[C@@]5(C)CCC(O[C@@H]6O[C@H](C(=O)O)[C@@H](O)[C@H](O)[C@H]6O[C@@H]6O[C@H](CO)[C@H](O)[C@H](O)[C@H]6O[C@@H]6O[C@H](CO)[C@@H](O)[C@H](O)[C@H]6O)[C@](C)(C=O)C5CC[C@@]4(C)[C@]3(C)CC[C@@]2(C)[C@H](O)C1. The van der Waals surface area contributed by atoms with Crippen LogP contribution in [0.5, 0.6) is 0 Å². The summed E-state index contributed by atoms with van der Waals surface area (Å²) in [5.74, 6) is -1.42. The fourth-order valence-corrected chi connectivity index (χ4v) is 15.0. The second-order valence-electron chi connectivity index (χ2n) is 23.4. The molecule has 0 aromatic rings. The molecule has 4 unspecified atom stereocenters. The van der Waals surface area contributed by atoms with Crippen molar-refractivity contribution in [2.24, 2.45) is 50.2 Å². The van der Waals surface area contributed by atoms with Gasteiger partial charge in [0.1, 0.15) is 73.4 Å². The zero-order chi connectivity index (χ0) is 49.1. The quantitative estimate of drug-likeness (QED) is 0.0773. The van der Waals surface area contributed by atoms with Gasteiger partial charge < -0.3 is 89.4 Å². The second-order valence-corrected chi connectivity index (χ2v) is 23.4. The minimum absolute atomic E-state index is 0.00247. The third kappa shape index (κ3) is 8.01. The molecule has 67 heavy (non-hydrogen) atoms. The number of ether oxygens (including phenoxy) is 6. The lowest BCUT2D eigenvalue weighted by atomic mass is 9.33. The summed E-state index contributed by atoms with van der Waals surface area (Å²) in [4.78, 5) is 26.2. The number of hydrogen-bond acceptors (Lipinski definition) is 18. The van der Waals surface area contributed by atoms with Crippen LogP contribution in [-0.4, -0.2) is 186 Å². The van der Waals surface area contributed by atoms with Crippen LogP contribution in [0.25, 0.3) is 0 Å². The number of carbonyl (C=O) groups excluding carboxylic acids is 1. The summed E-state index contributed by atoms with van der Waals surface area (Å²) in [7, 11) is 0. The molecule has 5 aliphatic carbocycles. The van der Waals surface area contributed by atoms with Crippen LogP contribution < -0.4 is 0 Å². The maximum atomic E-state index is 13.8. The monoisotopic (exact) mass is 956 g/mol. The zero-order valence-electron chi connectivity index (χ0n) is 39.7. The van der Waals surface area contributed by atoms with Gasteiger partial charge >= 0.3 is 5.97 Å². The van der Waals surface area contributed by atoms with Gasteiger partial charge in [-0.15, -0.1) is 0 Å². The maximum absolute atomic E-state index is 13.8. The number of carboxylic acids is 1. The Bertz CT molecular complexity index is 1870. The number of allylic oxidation sites excluding steroid dienone is 2. The van der Waals surface area contributed by atoms with Crippen molar-refractivity contribution in [1.29, 1.82) is 0 Å². The molecule has 0 spiro atoms. The van der Waals surface area contributed by atoms with Gasteiger partial charge in [0, 0.05) is 5.41 Å². The van der Waals surface area contributed by atoms with Crippen LogP contribution in [-0.2, 0) is 38.0 Å². The molecule has 382 valence electrons. The molecule has 8 aliphatic rings. The molecule has 3 heterocycles. The fourth-order valence-electron chi connectivity index (χ4n) is 15.0. The van der Waals surface area contributed by atoms with E-state index in [2.05, 4.69) is 47.6 Å². The Kier molecular flexibility index (Phi) is 13.9. The van der Waals surface area contributed by atoms with Crippen molar-refractivity contribution in [3.63, 3.8) is 0 Å². The highest BCUT2D eigenvalue weighted by Gasteiger charge is 2.70. The summed E-state index contributed by atoms with van der Waals surface area (Å²) in [5.41, 5.74) is -0.555. The minimum Gasteiger partial charge on any atom is -0.479 e. The number of hydrogen-bond donors (Lipinski definition) is 11. The lowest BCUT2D eigenvalue weighted by Gasteiger charge is -2.71. The van der Waals surface area contributed by atoms with E-state index >= 15 is 0 Å². The Morgan fingerprint density at radius 1 is 0.657 bits per heavy atom. The van der Waals surface area contributed by atoms with E-state index in [-0.39, 0.29) is 50.9 Å². The third-order valence-corrected chi connectivity index (χ3v) is 19.4. The van der Waals surface area contributed by atoms with E-state index in [1.807, 2.05) is 6.92 Å². The lowest BCUT2D eigenvalue weighted by Crippen LogP contribution is -2.68. The van der Waals surface area contributed by atoms with Gasteiger partial charge in [-0.25, -0.2) is 4.79 Å². The topological polar surface area (TPSA) is 312 Å². The Morgan fingerprint density at radius 2 is 1.24 bits per heavy atom. The lowest BCUT2D eigenvalue weighted by molar-refractivity contribution is -0.396. The molecule has 0 bridgehead atoms. The molecule has 0 aromatic carbocycles. The zero-order valence-corrected chi connectivity index (χ0v) is 39.7. The Hall–Kier alpha value is -1.76. The fraction of sp³-hybridized carbons (Fsp3) is 0.917. The van der Waals surface area contributed by atoms with Gasteiger partial charge in [-0.1, -0.05) is 60.1 Å². The number of aliphatic hydroxyl groups is 10. The molecule has 0 radical (unpaired) electrons. The van der Waals surface area contributed by atoms with Gasteiger partial charge in [0.05, 0.1) is 30.8 Å². The predicted molar refractivity (Wildman–Crippen MR) is 231 cm³/mol. The first-order chi connectivity index (χ1) is 31.3. The highest BCUT2D eigenvalue weighted by molar-refractivity contribution is 5.73. The Morgan fingerprint density at radius 3 is 1.85 bits per heavy atom. The molecule has 3 aliphatic heterocycles. The van der Waals surface area contributed by atoms with Gasteiger partial charge in [-0.2, -0.15) is 0 Å². The number of aliphatic carboxylic acids is 1. The van der Waals surface area contributed by atoms with E-state index in [0.29, 0.717) is 19.3 Å². The Labute approximate surface area is 391 Å². The first kappa shape index (κ1) is 51.6. The highest BCUT2D eigenvalue weighted by Crippen LogP contribution is 2.75. The first-order valence-electron chi connectivity index (χ1n) is 24.3. The van der Waals surface area contributed by atoms with Crippen molar-refractivity contribution in [2.75, 3.05) is 13.2 Å². The summed E-state index contributed by atoms with van der Waals surface area (Å²) in [6.07, 6.45) is -19.1. The number of aldehydes is 1. The van der Waals surface area contributed by atoms with Crippen LogP contribution in [0.1, 0.15) is 106 Å². The van der Waals surface area contributed by atoms with Crippen LogP contribution in [0, 0.1) is 50.2 Å². The number of carbonyl (C=O) groups is 2. The van der Waals surface area contributed by atoms with E-state index in [4.69, 9.17) is 28.4 Å². The average Bonchev–Trinajstić information content (AvgIpc) is 3.27. The van der Waals surface area contributed by atoms with Gasteiger partial charge in [-0.05, 0) is 97.2 Å². The van der Waals surface area contributed by atoms with Gasteiger partial charge in [0.25, 0.3) is 0 Å². The normalized spacial score (nSPS) is 55.2. The number of carboxylic acid groups (broad SMARTS) is 1. The van der Waals surface area contributed by atoms with E-state index in [9.17, 15) is 65.8 Å². The number of aliphatic hydroxyl groups excluding tert-OH is 10. The van der Waals surface area contributed by atoms with Crippen molar-refractivity contribution in [2.45, 2.75) is 211 Å². The van der Waals surface area contributed by atoms with Crippen LogP contribution in [0.2, 0.25) is 0 Å². The molecule has 25 atom stereocenters. The maximum Gasteiger partial charge on any atom is 0.335 e. The minimum atomic E-state index is -2.12. The molecule has 0 amide bonds. The molecule has 19 heteroatoms. The molecule has 0 aromatic heterocycles. The van der Waals surface area contributed by atoms with E-state index in [1.54, 1.807) is 0 Å². The van der Waals surface area contributed by atoms with Gasteiger partial charge in [0.15, 0.2) is 25.0 Å². The highest BCUT2D eigenvalue weighted by atomic mass is 16.8. The Balaban J connectivity index is 1.08. The summed E-state index contributed by atoms with van der Waals surface area (Å²) < 4.78 is 35.8. The van der Waals surface area contributed by atoms with Crippen LogP contribution >= 0.6 is 0 Å². The van der Waals surface area contributed by atoms with Crippen molar-refractivity contribution in [1.82, 2.24) is 0 Å². The third-order valence-electron chi connectivity index (χ3n) is 19.4. The van der Waals surface area contributed by atoms with Gasteiger partial charge in [0.2, 0.25) is 0 Å². The summed E-state index contributed by atoms with van der Waals surface area (Å²) in [5, 5.41) is 118. The van der Waals surface area contributed by atoms with Crippen molar-refractivity contribution >= 4 is 12.3 Å². The predicted octanol–water partition coefficient (Wildman–Crippen LogP) is -0.116. The molecule has 3 saturated heterocycles. The smallest absolute Gasteiger partial charge is 0.335 e. The number of fused-ring (bicyclic) bond motifs is 7.